The molecule has 0 atom stereocenters. The minimum absolute atomic E-state index is 0.500. The first-order chi connectivity index (χ1) is 9.40. The summed E-state index contributed by atoms with van der Waals surface area (Å²) in [6.07, 6.45) is 2.54. The van der Waals surface area contributed by atoms with Gasteiger partial charge in [0, 0.05) is 21.1 Å². The van der Waals surface area contributed by atoms with Crippen LogP contribution in [-0.2, 0) is 17.9 Å². The van der Waals surface area contributed by atoms with E-state index in [9.17, 15) is 0 Å². The first kappa shape index (κ1) is 15.6. The van der Waals surface area contributed by atoms with Crippen molar-refractivity contribution in [3.8, 4) is 0 Å². The van der Waals surface area contributed by atoms with E-state index >= 15 is 0 Å². The number of halogens is 1. The Bertz CT molecular complexity index is 594. The maximum absolute atomic E-state index is 5.81. The molecule has 2 heterocycles. The summed E-state index contributed by atoms with van der Waals surface area (Å²) in [4.78, 5) is 13.3. The number of fused-ring (bicyclic) bond motifs is 1. The Morgan fingerprint density at radius 1 is 1.30 bits per heavy atom. The molecule has 20 heavy (non-hydrogen) atoms. The van der Waals surface area contributed by atoms with Crippen molar-refractivity contribution < 1.29 is 4.74 Å². The third-order valence-electron chi connectivity index (χ3n) is 3.04. The topological polar surface area (TPSA) is 52.8 Å². The van der Waals surface area contributed by atoms with Crippen LogP contribution in [-0.4, -0.2) is 34.2 Å². The zero-order valence-corrected chi connectivity index (χ0v) is 15.1. The second-order valence-electron chi connectivity index (χ2n) is 6.00. The molecule has 0 aliphatic carbocycles. The summed E-state index contributed by atoms with van der Waals surface area (Å²) in [6, 6.07) is 1.16. The molecule has 0 aromatic carbocycles. The minimum Gasteiger partial charge on any atom is -0.361 e. The van der Waals surface area contributed by atoms with E-state index in [0.29, 0.717) is 17.0 Å². The molecule has 0 bridgehead atoms. The van der Waals surface area contributed by atoms with Crippen LogP contribution in [0.15, 0.2) is 10.8 Å². The highest BCUT2D eigenvalue weighted by Gasteiger charge is 2.14. The molecule has 0 aliphatic heterocycles. The van der Waals surface area contributed by atoms with Crippen molar-refractivity contribution in [3.63, 3.8) is 0 Å². The molecule has 0 saturated carbocycles. The van der Waals surface area contributed by atoms with Crippen LogP contribution in [0.25, 0.3) is 11.3 Å². The number of nitrogens with zero attached hydrogens (tertiary/aromatic N) is 4. The Morgan fingerprint density at radius 3 is 2.70 bits per heavy atom. The van der Waals surface area contributed by atoms with Gasteiger partial charge in [0.2, 0.25) is 0 Å². The first-order valence-corrected chi connectivity index (χ1v) is 11.4. The van der Waals surface area contributed by atoms with Crippen LogP contribution in [0.4, 0.5) is 0 Å². The molecule has 7 heteroatoms. The van der Waals surface area contributed by atoms with E-state index < -0.39 is 8.07 Å². The van der Waals surface area contributed by atoms with Gasteiger partial charge in [-0.3, -0.25) is 4.57 Å². The number of hydrogen-bond acceptors (Lipinski definition) is 4. The van der Waals surface area contributed by atoms with Gasteiger partial charge in [0.05, 0.1) is 6.20 Å². The number of imidazole rings is 1. The predicted molar refractivity (Wildman–Crippen MR) is 86.5 cm³/mol. The minimum atomic E-state index is -1.05. The van der Waals surface area contributed by atoms with Gasteiger partial charge in [-0.15, -0.1) is 0 Å². The summed E-state index contributed by atoms with van der Waals surface area (Å²) in [5.41, 5.74) is 1.46. The van der Waals surface area contributed by atoms with Crippen molar-refractivity contribution in [1.82, 2.24) is 19.5 Å². The van der Waals surface area contributed by atoms with Crippen LogP contribution in [0.1, 0.15) is 12.7 Å². The molecule has 2 aromatic rings. The fourth-order valence-corrected chi connectivity index (χ4v) is 2.89. The van der Waals surface area contributed by atoms with Crippen molar-refractivity contribution in [2.24, 2.45) is 0 Å². The van der Waals surface area contributed by atoms with Crippen molar-refractivity contribution in [3.05, 3.63) is 16.6 Å². The molecule has 0 N–H and O–H groups in total. The monoisotopic (exact) mass is 356 g/mol. The summed E-state index contributed by atoms with van der Waals surface area (Å²) in [5, 5.41) is 0. The predicted octanol–water partition coefficient (Wildman–Crippen LogP) is 3.46. The molecule has 0 amide bonds. The smallest absolute Gasteiger partial charge is 0.198 e. The normalized spacial score (nSPS) is 12.2. The largest absolute Gasteiger partial charge is 0.361 e. The maximum atomic E-state index is 5.81. The van der Waals surface area contributed by atoms with Crippen LogP contribution >= 0.6 is 15.9 Å². The first-order valence-electron chi connectivity index (χ1n) is 6.86. The van der Waals surface area contributed by atoms with Gasteiger partial charge in [-0.05, 0) is 22.0 Å². The van der Waals surface area contributed by atoms with Gasteiger partial charge in [-0.1, -0.05) is 26.6 Å². The average Bonchev–Trinajstić information content (AvgIpc) is 2.70. The van der Waals surface area contributed by atoms with Crippen molar-refractivity contribution in [2.75, 3.05) is 6.61 Å². The van der Waals surface area contributed by atoms with E-state index in [2.05, 4.69) is 57.4 Å². The zero-order chi connectivity index (χ0) is 14.8. The van der Waals surface area contributed by atoms with Crippen molar-refractivity contribution in [1.29, 1.82) is 0 Å². The third-order valence-corrected chi connectivity index (χ3v) is 5.13. The van der Waals surface area contributed by atoms with E-state index in [1.165, 1.54) is 0 Å². The zero-order valence-electron chi connectivity index (χ0n) is 12.5. The Labute approximate surface area is 128 Å². The number of ether oxygens (including phenoxy) is 1. The lowest BCUT2D eigenvalue weighted by Gasteiger charge is -2.16. The summed E-state index contributed by atoms with van der Waals surface area (Å²) in [7, 11) is -1.05. The van der Waals surface area contributed by atoms with E-state index in [1.807, 2.05) is 4.57 Å². The van der Waals surface area contributed by atoms with E-state index in [-0.39, 0.29) is 0 Å². The number of aromatic nitrogens is 4. The Balaban J connectivity index is 2.12. The molecule has 0 unspecified atom stereocenters. The molecule has 2 aromatic heterocycles. The quantitative estimate of drug-likeness (QED) is 0.587. The van der Waals surface area contributed by atoms with E-state index in [4.69, 9.17) is 4.74 Å². The van der Waals surface area contributed by atoms with E-state index in [1.54, 1.807) is 6.20 Å². The van der Waals surface area contributed by atoms with Gasteiger partial charge in [0.25, 0.3) is 0 Å². The summed E-state index contributed by atoms with van der Waals surface area (Å²) in [6.45, 7) is 10.4. The van der Waals surface area contributed by atoms with Gasteiger partial charge in [-0.2, -0.15) is 0 Å². The molecular formula is C13H21BrN4OSi. The average molecular weight is 357 g/mol. The van der Waals surface area contributed by atoms with Gasteiger partial charge in [-0.25, -0.2) is 15.0 Å². The molecular weight excluding hydrogens is 336 g/mol. The number of rotatable bonds is 6. The second-order valence-corrected chi connectivity index (χ2v) is 12.4. The fraction of sp³-hybridized carbons (Fsp3) is 0.615. The maximum Gasteiger partial charge on any atom is 0.198 e. The lowest BCUT2D eigenvalue weighted by atomic mass is 10.5. The number of aryl methyl sites for hydroxylation is 1. The Kier molecular flexibility index (Phi) is 4.93. The van der Waals surface area contributed by atoms with Crippen LogP contribution in [0.3, 0.4) is 0 Å². The molecule has 2 rings (SSSR count). The van der Waals surface area contributed by atoms with Crippen molar-refractivity contribution in [2.45, 2.75) is 45.8 Å². The lowest BCUT2D eigenvalue weighted by Crippen LogP contribution is -2.22. The summed E-state index contributed by atoms with van der Waals surface area (Å²) in [5.74, 6) is 0.964. The highest BCUT2D eigenvalue weighted by molar-refractivity contribution is 9.10. The SMILES string of the molecule is CCc1nc2nc(Br)cnc2n1COCC[Si](C)(C)C. The van der Waals surface area contributed by atoms with E-state index in [0.717, 1.165) is 30.5 Å². The molecule has 0 saturated heterocycles. The van der Waals surface area contributed by atoms with Crippen LogP contribution in [0.5, 0.6) is 0 Å². The van der Waals surface area contributed by atoms with Crippen LogP contribution in [0, 0.1) is 0 Å². The molecule has 0 radical (unpaired) electrons. The van der Waals surface area contributed by atoms with Gasteiger partial charge in [0.1, 0.15) is 17.2 Å². The molecule has 110 valence electrons. The summed E-state index contributed by atoms with van der Waals surface area (Å²) >= 11 is 3.32. The second kappa shape index (κ2) is 6.32. The Morgan fingerprint density at radius 2 is 2.05 bits per heavy atom. The third kappa shape index (κ3) is 3.86. The van der Waals surface area contributed by atoms with Gasteiger partial charge >= 0.3 is 0 Å². The Hall–Kier alpha value is -0.793. The lowest BCUT2D eigenvalue weighted by molar-refractivity contribution is 0.0876. The highest BCUT2D eigenvalue weighted by atomic mass is 79.9. The van der Waals surface area contributed by atoms with Crippen LogP contribution in [0.2, 0.25) is 25.7 Å². The number of hydrogen-bond donors (Lipinski definition) is 0. The summed E-state index contributed by atoms with van der Waals surface area (Å²) < 4.78 is 8.53. The van der Waals surface area contributed by atoms with Gasteiger partial charge in [0.15, 0.2) is 11.3 Å². The van der Waals surface area contributed by atoms with Gasteiger partial charge < -0.3 is 4.74 Å². The molecule has 0 fully saturated rings. The molecule has 5 nitrogen and oxygen atoms in total. The standard InChI is InChI=1S/C13H21BrN4OSi/c1-5-11-17-12-13(15-8-10(14)16-12)18(11)9-19-6-7-20(2,3)4/h8H,5-7,9H2,1-4H3. The highest BCUT2D eigenvalue weighted by Crippen LogP contribution is 2.16. The fourth-order valence-electron chi connectivity index (χ4n) is 1.86. The molecule has 0 aliphatic rings. The van der Waals surface area contributed by atoms with Crippen LogP contribution < -0.4 is 0 Å². The van der Waals surface area contributed by atoms with Crippen molar-refractivity contribution >= 4 is 35.3 Å². The molecule has 0 spiro atoms.